The zero-order valence-corrected chi connectivity index (χ0v) is 17.7. The highest BCUT2D eigenvalue weighted by molar-refractivity contribution is 7.99. The predicted molar refractivity (Wildman–Crippen MR) is 114 cm³/mol. The summed E-state index contributed by atoms with van der Waals surface area (Å²) in [5.41, 5.74) is 3.36. The maximum absolute atomic E-state index is 12.9. The summed E-state index contributed by atoms with van der Waals surface area (Å²) in [6, 6.07) is 15.2. The van der Waals surface area contributed by atoms with Crippen LogP contribution in [0.1, 0.15) is 23.6 Å². The van der Waals surface area contributed by atoms with Gasteiger partial charge in [-0.2, -0.15) is 0 Å². The summed E-state index contributed by atoms with van der Waals surface area (Å²) in [5, 5.41) is 2.63. The molecular weight excluding hydrogens is 372 g/mol. The topological polar surface area (TPSA) is 58.6 Å². The van der Waals surface area contributed by atoms with Crippen LogP contribution in [-0.4, -0.2) is 42.7 Å². The van der Waals surface area contributed by atoms with E-state index in [2.05, 4.69) is 24.4 Å². The van der Waals surface area contributed by atoms with Gasteiger partial charge in [-0.15, -0.1) is 11.8 Å². The highest BCUT2D eigenvalue weighted by Gasteiger charge is 2.25. The van der Waals surface area contributed by atoms with Gasteiger partial charge in [-0.3, -0.25) is 9.59 Å². The summed E-state index contributed by atoms with van der Waals surface area (Å²) >= 11 is 1.56. The van der Waals surface area contributed by atoms with Crippen LogP contribution in [0.5, 0.6) is 5.75 Å². The summed E-state index contributed by atoms with van der Waals surface area (Å²) in [6.45, 7) is 4.18. The van der Waals surface area contributed by atoms with E-state index < -0.39 is 6.04 Å². The quantitative estimate of drug-likeness (QED) is 0.701. The molecule has 0 saturated heterocycles. The Labute approximate surface area is 171 Å². The van der Waals surface area contributed by atoms with Gasteiger partial charge in [0, 0.05) is 19.3 Å². The number of aryl methyl sites for hydroxylation is 1. The Morgan fingerprint density at radius 3 is 2.61 bits per heavy atom. The smallest absolute Gasteiger partial charge is 0.242 e. The van der Waals surface area contributed by atoms with Crippen molar-refractivity contribution < 1.29 is 14.3 Å². The lowest BCUT2D eigenvalue weighted by atomic mass is 10.1. The lowest BCUT2D eigenvalue weighted by molar-refractivity contribution is -0.138. The first-order valence-electron chi connectivity index (χ1n) is 9.22. The van der Waals surface area contributed by atoms with Gasteiger partial charge in [0.25, 0.3) is 0 Å². The number of ether oxygens (including phenoxy) is 1. The Kier molecular flexibility index (Phi) is 8.39. The standard InChI is InChI=1S/C22H28N2O3S/c1-16-8-5-6-10-19(16)14-28-15-21(25)24(17(2)22(26)23-3)13-18-9-7-11-20(12-18)27-4/h5-12,17H,13-15H2,1-4H3,(H,23,26). The van der Waals surface area contributed by atoms with Crippen molar-refractivity contribution in [3.05, 3.63) is 65.2 Å². The summed E-state index contributed by atoms with van der Waals surface area (Å²) in [5.74, 6) is 1.57. The predicted octanol–water partition coefficient (Wildman–Crippen LogP) is 3.40. The Hall–Kier alpha value is -2.47. The number of amides is 2. The Bertz CT molecular complexity index is 810. The van der Waals surface area contributed by atoms with Gasteiger partial charge in [0.15, 0.2) is 0 Å². The Balaban J connectivity index is 2.08. The van der Waals surface area contributed by atoms with Crippen molar-refractivity contribution in [3.63, 3.8) is 0 Å². The molecule has 150 valence electrons. The number of hydrogen-bond donors (Lipinski definition) is 1. The van der Waals surface area contributed by atoms with Crippen LogP contribution in [0.15, 0.2) is 48.5 Å². The molecule has 2 rings (SSSR count). The summed E-state index contributed by atoms with van der Waals surface area (Å²) in [6.07, 6.45) is 0. The lowest BCUT2D eigenvalue weighted by Crippen LogP contribution is -2.47. The van der Waals surface area contributed by atoms with E-state index in [9.17, 15) is 9.59 Å². The molecule has 1 unspecified atom stereocenters. The molecule has 0 aromatic heterocycles. The van der Waals surface area contributed by atoms with Gasteiger partial charge in [-0.1, -0.05) is 36.4 Å². The largest absolute Gasteiger partial charge is 0.497 e. The molecule has 1 atom stereocenters. The second kappa shape index (κ2) is 10.8. The highest BCUT2D eigenvalue weighted by Crippen LogP contribution is 2.19. The fraction of sp³-hybridized carbons (Fsp3) is 0.364. The van der Waals surface area contributed by atoms with Crippen molar-refractivity contribution in [1.29, 1.82) is 0 Å². The summed E-state index contributed by atoms with van der Waals surface area (Å²) in [4.78, 5) is 26.7. The number of carbonyl (C=O) groups excluding carboxylic acids is 2. The zero-order valence-electron chi connectivity index (χ0n) is 16.9. The molecule has 0 fully saturated rings. The number of carbonyl (C=O) groups is 2. The first-order valence-corrected chi connectivity index (χ1v) is 10.4. The number of benzene rings is 2. The molecule has 6 heteroatoms. The molecule has 2 aromatic rings. The number of nitrogens with one attached hydrogen (secondary N) is 1. The van der Waals surface area contributed by atoms with E-state index in [-0.39, 0.29) is 11.8 Å². The van der Waals surface area contributed by atoms with Gasteiger partial charge in [0.1, 0.15) is 11.8 Å². The fourth-order valence-electron chi connectivity index (χ4n) is 2.86. The molecule has 28 heavy (non-hydrogen) atoms. The third kappa shape index (κ3) is 6.02. The van der Waals surface area contributed by atoms with Crippen molar-refractivity contribution in [2.24, 2.45) is 0 Å². The second-order valence-electron chi connectivity index (χ2n) is 6.58. The van der Waals surface area contributed by atoms with Gasteiger partial charge >= 0.3 is 0 Å². The molecule has 0 heterocycles. The summed E-state index contributed by atoms with van der Waals surface area (Å²) in [7, 11) is 3.19. The number of likely N-dealkylation sites (N-methyl/N-ethyl adjacent to an activating group) is 1. The van der Waals surface area contributed by atoms with E-state index in [4.69, 9.17) is 4.74 Å². The van der Waals surface area contributed by atoms with Crippen LogP contribution in [0, 0.1) is 6.92 Å². The van der Waals surface area contributed by atoms with Crippen LogP contribution in [0.4, 0.5) is 0 Å². The lowest BCUT2D eigenvalue weighted by Gasteiger charge is -2.28. The van der Waals surface area contributed by atoms with Crippen LogP contribution >= 0.6 is 11.8 Å². The first-order chi connectivity index (χ1) is 13.5. The molecule has 0 aliphatic heterocycles. The van der Waals surface area contributed by atoms with E-state index >= 15 is 0 Å². The first kappa shape index (κ1) is 21.8. The second-order valence-corrected chi connectivity index (χ2v) is 7.57. The molecule has 0 aliphatic rings. The summed E-state index contributed by atoms with van der Waals surface area (Å²) < 4.78 is 5.26. The third-order valence-electron chi connectivity index (χ3n) is 4.65. The molecule has 0 bridgehead atoms. The van der Waals surface area contributed by atoms with Crippen LogP contribution in [0.3, 0.4) is 0 Å². The van der Waals surface area contributed by atoms with Crippen LogP contribution in [0.25, 0.3) is 0 Å². The zero-order chi connectivity index (χ0) is 20.5. The number of nitrogens with zero attached hydrogens (tertiary/aromatic N) is 1. The fourth-order valence-corrected chi connectivity index (χ4v) is 3.85. The minimum Gasteiger partial charge on any atom is -0.497 e. The number of hydrogen-bond acceptors (Lipinski definition) is 4. The molecule has 0 aliphatic carbocycles. The molecule has 5 nitrogen and oxygen atoms in total. The molecule has 1 N–H and O–H groups in total. The molecule has 2 amide bonds. The Morgan fingerprint density at radius 2 is 1.93 bits per heavy atom. The average molecular weight is 401 g/mol. The molecule has 0 saturated carbocycles. The van der Waals surface area contributed by atoms with Crippen LogP contribution < -0.4 is 10.1 Å². The molecule has 0 radical (unpaired) electrons. The van der Waals surface area contributed by atoms with Gasteiger partial charge in [0.2, 0.25) is 11.8 Å². The van der Waals surface area contributed by atoms with Gasteiger partial charge in [-0.25, -0.2) is 0 Å². The number of methoxy groups -OCH3 is 1. The maximum Gasteiger partial charge on any atom is 0.242 e. The van der Waals surface area contributed by atoms with E-state index in [1.807, 2.05) is 36.4 Å². The number of thioether (sulfide) groups is 1. The average Bonchev–Trinajstić information content (AvgIpc) is 2.72. The highest BCUT2D eigenvalue weighted by atomic mass is 32.2. The minimum absolute atomic E-state index is 0.0579. The van der Waals surface area contributed by atoms with Crippen molar-refractivity contribution in [2.45, 2.75) is 32.2 Å². The van der Waals surface area contributed by atoms with Crippen LogP contribution in [-0.2, 0) is 21.9 Å². The van der Waals surface area contributed by atoms with Crippen molar-refractivity contribution in [3.8, 4) is 5.75 Å². The van der Waals surface area contributed by atoms with E-state index in [1.54, 1.807) is 37.7 Å². The maximum atomic E-state index is 12.9. The van der Waals surface area contributed by atoms with Crippen molar-refractivity contribution in [1.82, 2.24) is 10.2 Å². The molecular formula is C22H28N2O3S. The number of rotatable bonds is 9. The third-order valence-corrected chi connectivity index (χ3v) is 5.61. The van der Waals surface area contributed by atoms with E-state index in [1.165, 1.54) is 11.1 Å². The van der Waals surface area contributed by atoms with Crippen LogP contribution in [0.2, 0.25) is 0 Å². The normalized spacial score (nSPS) is 11.6. The van der Waals surface area contributed by atoms with Gasteiger partial charge < -0.3 is 15.0 Å². The molecule has 2 aromatic carbocycles. The molecule has 0 spiro atoms. The monoisotopic (exact) mass is 400 g/mol. The Morgan fingerprint density at radius 1 is 1.18 bits per heavy atom. The van der Waals surface area contributed by atoms with Gasteiger partial charge in [0.05, 0.1) is 12.9 Å². The van der Waals surface area contributed by atoms with Crippen molar-refractivity contribution in [2.75, 3.05) is 19.9 Å². The van der Waals surface area contributed by atoms with Gasteiger partial charge in [-0.05, 0) is 42.7 Å². The van der Waals surface area contributed by atoms with E-state index in [0.717, 1.165) is 17.1 Å². The SMILES string of the molecule is CNC(=O)C(C)N(Cc1cccc(OC)c1)C(=O)CSCc1ccccc1C. The van der Waals surface area contributed by atoms with E-state index in [0.29, 0.717) is 12.3 Å². The van der Waals surface area contributed by atoms with Crippen molar-refractivity contribution >= 4 is 23.6 Å². The minimum atomic E-state index is -0.553.